The largest absolute Gasteiger partial charge is 0.483 e. The number of rotatable bonds is 5. The third-order valence-electron chi connectivity index (χ3n) is 1.84. The summed E-state index contributed by atoms with van der Waals surface area (Å²) >= 11 is 7.53. The predicted molar refractivity (Wildman–Crippen MR) is 80.6 cm³/mol. The molecular formula is C12H19ClINO. The SMILES string of the molecule is CCCCCCl.Nc1ccc(OCI)cc1. The van der Waals surface area contributed by atoms with Gasteiger partial charge in [0.05, 0.1) is 0 Å². The number of alkyl halides is 2. The summed E-state index contributed by atoms with van der Waals surface area (Å²) in [7, 11) is 0. The van der Waals surface area contributed by atoms with Crippen molar-refractivity contribution >= 4 is 39.9 Å². The van der Waals surface area contributed by atoms with Crippen LogP contribution in [0.3, 0.4) is 0 Å². The number of nitrogens with two attached hydrogens (primary N) is 1. The number of unbranched alkanes of at least 4 members (excludes halogenated alkanes) is 2. The molecule has 4 heteroatoms. The molecule has 1 rings (SSSR count). The van der Waals surface area contributed by atoms with E-state index in [9.17, 15) is 0 Å². The molecule has 0 aliphatic heterocycles. The zero-order valence-electron chi connectivity index (χ0n) is 9.59. The maximum atomic E-state index is 5.47. The van der Waals surface area contributed by atoms with Gasteiger partial charge in [0.1, 0.15) is 10.4 Å². The number of nitrogen functional groups attached to an aromatic ring is 1. The van der Waals surface area contributed by atoms with Crippen molar-refractivity contribution in [3.63, 3.8) is 0 Å². The Morgan fingerprint density at radius 2 is 1.88 bits per heavy atom. The highest BCUT2D eigenvalue weighted by molar-refractivity contribution is 14.1. The van der Waals surface area contributed by atoms with Gasteiger partial charge in [0.25, 0.3) is 0 Å². The first-order chi connectivity index (χ1) is 7.74. The Morgan fingerprint density at radius 3 is 2.25 bits per heavy atom. The van der Waals surface area contributed by atoms with Crippen LogP contribution in [0.25, 0.3) is 0 Å². The van der Waals surface area contributed by atoms with Crippen LogP contribution in [0.5, 0.6) is 5.75 Å². The van der Waals surface area contributed by atoms with Crippen LogP contribution in [-0.4, -0.2) is 10.5 Å². The highest BCUT2D eigenvalue weighted by atomic mass is 127. The molecule has 0 radical (unpaired) electrons. The number of benzene rings is 1. The van der Waals surface area contributed by atoms with Crippen LogP contribution >= 0.6 is 34.2 Å². The van der Waals surface area contributed by atoms with Gasteiger partial charge < -0.3 is 10.5 Å². The first-order valence-corrected chi connectivity index (χ1v) is 7.40. The van der Waals surface area contributed by atoms with Gasteiger partial charge in [-0.2, -0.15) is 0 Å². The molecule has 0 aliphatic carbocycles. The number of hydrogen-bond donors (Lipinski definition) is 1. The molecule has 2 N–H and O–H groups in total. The Morgan fingerprint density at radius 1 is 1.25 bits per heavy atom. The lowest BCUT2D eigenvalue weighted by atomic mass is 10.3. The molecule has 0 bridgehead atoms. The molecule has 16 heavy (non-hydrogen) atoms. The number of hydrogen-bond acceptors (Lipinski definition) is 2. The van der Waals surface area contributed by atoms with Gasteiger partial charge >= 0.3 is 0 Å². The first kappa shape index (κ1) is 15.8. The predicted octanol–water partition coefficient (Wildman–Crippen LogP) is 4.46. The van der Waals surface area contributed by atoms with Gasteiger partial charge in [-0.15, -0.1) is 11.6 Å². The number of halogens is 2. The Kier molecular flexibility index (Phi) is 11.2. The molecule has 1 aromatic carbocycles. The molecule has 0 unspecified atom stereocenters. The standard InChI is InChI=1S/C7H8INO.C5H11Cl/c8-5-10-7-3-1-6(9)2-4-7;1-2-3-4-5-6/h1-4H,5,9H2;2-5H2,1H3. The second-order valence-electron chi connectivity index (χ2n) is 3.22. The highest BCUT2D eigenvalue weighted by Gasteiger charge is 1.88. The number of ether oxygens (including phenoxy) is 1. The third-order valence-corrected chi connectivity index (χ3v) is 2.42. The minimum Gasteiger partial charge on any atom is -0.483 e. The van der Waals surface area contributed by atoms with E-state index >= 15 is 0 Å². The lowest BCUT2D eigenvalue weighted by Gasteiger charge is -2.00. The summed E-state index contributed by atoms with van der Waals surface area (Å²) in [6, 6.07) is 7.35. The summed E-state index contributed by atoms with van der Waals surface area (Å²) < 4.78 is 5.86. The van der Waals surface area contributed by atoms with Gasteiger partial charge in [0, 0.05) is 11.6 Å². The summed E-state index contributed by atoms with van der Waals surface area (Å²) in [5, 5.41) is 0. The minimum atomic E-state index is 0.668. The molecular weight excluding hydrogens is 336 g/mol. The fourth-order valence-corrected chi connectivity index (χ4v) is 1.52. The van der Waals surface area contributed by atoms with Gasteiger partial charge in [-0.25, -0.2) is 0 Å². The minimum absolute atomic E-state index is 0.668. The fraction of sp³-hybridized carbons (Fsp3) is 0.500. The molecule has 2 nitrogen and oxygen atoms in total. The van der Waals surface area contributed by atoms with E-state index in [-0.39, 0.29) is 0 Å². The van der Waals surface area contributed by atoms with Crippen molar-refractivity contribution in [3.8, 4) is 5.75 Å². The van der Waals surface area contributed by atoms with Crippen molar-refractivity contribution in [1.82, 2.24) is 0 Å². The van der Waals surface area contributed by atoms with Crippen LogP contribution in [0.4, 0.5) is 5.69 Å². The van der Waals surface area contributed by atoms with Gasteiger partial charge in [-0.1, -0.05) is 19.8 Å². The summed E-state index contributed by atoms with van der Waals surface area (Å²) in [5.74, 6) is 1.69. The van der Waals surface area contributed by atoms with E-state index in [2.05, 4.69) is 29.5 Å². The second-order valence-corrected chi connectivity index (χ2v) is 4.22. The quantitative estimate of drug-likeness (QED) is 0.366. The Labute approximate surface area is 117 Å². The van der Waals surface area contributed by atoms with E-state index in [4.69, 9.17) is 22.1 Å². The molecule has 0 saturated heterocycles. The summed E-state index contributed by atoms with van der Waals surface area (Å²) in [6.07, 6.45) is 3.73. The van der Waals surface area contributed by atoms with E-state index < -0.39 is 0 Å². The average molecular weight is 356 g/mol. The van der Waals surface area contributed by atoms with Crippen molar-refractivity contribution in [2.45, 2.75) is 26.2 Å². The van der Waals surface area contributed by atoms with Crippen LogP contribution in [-0.2, 0) is 0 Å². The van der Waals surface area contributed by atoms with Crippen LogP contribution in [0.1, 0.15) is 26.2 Å². The smallest absolute Gasteiger partial charge is 0.139 e. The van der Waals surface area contributed by atoms with E-state index in [1.54, 1.807) is 0 Å². The molecule has 0 aliphatic rings. The van der Waals surface area contributed by atoms with E-state index in [0.717, 1.165) is 17.3 Å². The van der Waals surface area contributed by atoms with E-state index in [1.807, 2.05) is 24.3 Å². The molecule has 0 amide bonds. The molecule has 0 heterocycles. The van der Waals surface area contributed by atoms with Crippen molar-refractivity contribution in [2.24, 2.45) is 0 Å². The lowest BCUT2D eigenvalue weighted by Crippen LogP contribution is -1.88. The van der Waals surface area contributed by atoms with E-state index in [0.29, 0.717) is 4.61 Å². The maximum absolute atomic E-state index is 5.47. The van der Waals surface area contributed by atoms with Crippen LogP contribution in [0.2, 0.25) is 0 Å². The summed E-state index contributed by atoms with van der Waals surface area (Å²) in [5.41, 5.74) is 6.23. The van der Waals surface area contributed by atoms with Crippen LogP contribution < -0.4 is 10.5 Å². The average Bonchev–Trinajstić information content (AvgIpc) is 2.31. The third kappa shape index (κ3) is 9.09. The van der Waals surface area contributed by atoms with Crippen molar-refractivity contribution < 1.29 is 4.74 Å². The zero-order valence-corrected chi connectivity index (χ0v) is 12.5. The van der Waals surface area contributed by atoms with Crippen LogP contribution in [0.15, 0.2) is 24.3 Å². The van der Waals surface area contributed by atoms with E-state index in [1.165, 1.54) is 19.3 Å². The van der Waals surface area contributed by atoms with Gasteiger partial charge in [-0.3, -0.25) is 0 Å². The normalized spacial score (nSPS) is 9.19. The maximum Gasteiger partial charge on any atom is 0.139 e. The van der Waals surface area contributed by atoms with Crippen molar-refractivity contribution in [2.75, 3.05) is 16.2 Å². The Bertz CT molecular complexity index is 250. The number of anilines is 1. The lowest BCUT2D eigenvalue weighted by molar-refractivity contribution is 0.404. The molecule has 92 valence electrons. The molecule has 0 fully saturated rings. The van der Waals surface area contributed by atoms with Crippen molar-refractivity contribution in [3.05, 3.63) is 24.3 Å². The summed E-state index contributed by atoms with van der Waals surface area (Å²) in [4.78, 5) is 0. The Balaban J connectivity index is 0.000000325. The molecule has 1 aromatic rings. The molecule has 0 saturated carbocycles. The molecule has 0 atom stereocenters. The Hall–Kier alpha value is -0.160. The monoisotopic (exact) mass is 355 g/mol. The highest BCUT2D eigenvalue weighted by Crippen LogP contribution is 2.13. The molecule has 0 aromatic heterocycles. The van der Waals surface area contributed by atoms with Gasteiger partial charge in [0.15, 0.2) is 0 Å². The first-order valence-electron chi connectivity index (χ1n) is 5.34. The topological polar surface area (TPSA) is 35.2 Å². The van der Waals surface area contributed by atoms with Crippen LogP contribution in [0, 0.1) is 0 Å². The van der Waals surface area contributed by atoms with Crippen molar-refractivity contribution in [1.29, 1.82) is 0 Å². The molecule has 0 spiro atoms. The second kappa shape index (κ2) is 11.3. The zero-order chi connectivity index (χ0) is 12.2. The fourth-order valence-electron chi connectivity index (χ4n) is 0.972. The van der Waals surface area contributed by atoms with Gasteiger partial charge in [0.2, 0.25) is 0 Å². The van der Waals surface area contributed by atoms with Gasteiger partial charge in [-0.05, 0) is 53.3 Å². The summed E-state index contributed by atoms with van der Waals surface area (Å²) in [6.45, 7) is 2.17.